The maximum Gasteiger partial charge on any atom is 0.158 e. The van der Waals surface area contributed by atoms with Crippen molar-refractivity contribution in [2.75, 3.05) is 5.43 Å². The summed E-state index contributed by atoms with van der Waals surface area (Å²) in [6.45, 7) is 1.87. The number of hydrogen-bond acceptors (Lipinski definition) is 7. The summed E-state index contributed by atoms with van der Waals surface area (Å²) in [6.07, 6.45) is 6.10. The lowest BCUT2D eigenvalue weighted by atomic mass is 9.97. The molecule has 0 saturated heterocycles. The SMILES string of the molecule is Cc1nc(NN=Cc2ccc(O)cc2O)c2c3c(sc2n1)CCCC3. The monoisotopic (exact) mass is 354 g/mol. The highest BCUT2D eigenvalue weighted by molar-refractivity contribution is 7.19. The van der Waals surface area contributed by atoms with E-state index in [0.29, 0.717) is 17.2 Å². The minimum atomic E-state index is -0.0255. The van der Waals surface area contributed by atoms with Gasteiger partial charge in [-0.25, -0.2) is 9.97 Å². The highest BCUT2D eigenvalue weighted by Gasteiger charge is 2.20. The van der Waals surface area contributed by atoms with Gasteiger partial charge in [0.05, 0.1) is 11.6 Å². The van der Waals surface area contributed by atoms with Crippen molar-refractivity contribution < 1.29 is 10.2 Å². The van der Waals surface area contributed by atoms with Crippen LogP contribution in [0.2, 0.25) is 0 Å². The van der Waals surface area contributed by atoms with Crippen LogP contribution >= 0.6 is 11.3 Å². The summed E-state index contributed by atoms with van der Waals surface area (Å²) in [5.41, 5.74) is 4.86. The molecule has 3 N–H and O–H groups in total. The fraction of sp³-hybridized carbons (Fsp3) is 0.278. The molecule has 1 aliphatic rings. The first-order valence-corrected chi connectivity index (χ1v) is 9.03. The second kappa shape index (κ2) is 6.33. The lowest BCUT2D eigenvalue weighted by molar-refractivity contribution is 0.450. The third kappa shape index (κ3) is 3.02. The molecule has 2 heterocycles. The van der Waals surface area contributed by atoms with Gasteiger partial charge in [-0.2, -0.15) is 5.10 Å². The molecule has 25 heavy (non-hydrogen) atoms. The molecule has 1 aliphatic carbocycles. The summed E-state index contributed by atoms with van der Waals surface area (Å²) in [5, 5.41) is 24.5. The molecule has 0 bridgehead atoms. The fourth-order valence-electron chi connectivity index (χ4n) is 3.15. The van der Waals surface area contributed by atoms with Gasteiger partial charge in [0, 0.05) is 16.5 Å². The van der Waals surface area contributed by atoms with Crippen molar-refractivity contribution in [1.29, 1.82) is 0 Å². The number of hydrogen-bond donors (Lipinski definition) is 3. The smallest absolute Gasteiger partial charge is 0.158 e. The van der Waals surface area contributed by atoms with Crippen molar-refractivity contribution in [2.45, 2.75) is 32.6 Å². The topological polar surface area (TPSA) is 90.6 Å². The first kappa shape index (κ1) is 15.8. The zero-order valence-electron chi connectivity index (χ0n) is 13.8. The van der Waals surface area contributed by atoms with Crippen molar-refractivity contribution in [2.24, 2.45) is 5.10 Å². The Balaban J connectivity index is 1.69. The number of phenolic OH excluding ortho intramolecular Hbond substituents is 2. The van der Waals surface area contributed by atoms with E-state index in [4.69, 9.17) is 0 Å². The number of anilines is 1. The van der Waals surface area contributed by atoms with E-state index in [2.05, 4.69) is 20.5 Å². The number of aromatic nitrogens is 2. The molecule has 2 aromatic heterocycles. The minimum absolute atomic E-state index is 0.0145. The van der Waals surface area contributed by atoms with Crippen molar-refractivity contribution in [1.82, 2.24) is 9.97 Å². The molecule has 0 atom stereocenters. The van der Waals surface area contributed by atoms with E-state index in [9.17, 15) is 10.2 Å². The third-order valence-corrected chi connectivity index (χ3v) is 5.50. The Labute approximate surface area is 148 Å². The molecule has 1 aromatic carbocycles. The molecule has 3 aromatic rings. The van der Waals surface area contributed by atoms with Crippen molar-refractivity contribution in [3.63, 3.8) is 0 Å². The van der Waals surface area contributed by atoms with Crippen LogP contribution in [0.5, 0.6) is 11.5 Å². The average Bonchev–Trinajstić information content (AvgIpc) is 2.94. The highest BCUT2D eigenvalue weighted by atomic mass is 32.1. The van der Waals surface area contributed by atoms with E-state index >= 15 is 0 Å². The largest absolute Gasteiger partial charge is 0.508 e. The van der Waals surface area contributed by atoms with Crippen LogP contribution in [0.25, 0.3) is 10.2 Å². The van der Waals surface area contributed by atoms with Gasteiger partial charge in [-0.1, -0.05) is 0 Å². The first-order valence-electron chi connectivity index (χ1n) is 8.22. The van der Waals surface area contributed by atoms with Crippen LogP contribution < -0.4 is 5.43 Å². The molecule has 0 radical (unpaired) electrons. The van der Waals surface area contributed by atoms with Gasteiger partial charge in [-0.3, -0.25) is 5.43 Å². The van der Waals surface area contributed by atoms with E-state index in [1.54, 1.807) is 17.4 Å². The number of hydrazone groups is 1. The zero-order chi connectivity index (χ0) is 17.4. The molecule has 0 amide bonds. The van der Waals surface area contributed by atoms with E-state index in [1.807, 2.05) is 6.92 Å². The summed E-state index contributed by atoms with van der Waals surface area (Å²) in [7, 11) is 0. The minimum Gasteiger partial charge on any atom is -0.508 e. The van der Waals surface area contributed by atoms with Gasteiger partial charge in [-0.15, -0.1) is 11.3 Å². The number of nitrogens with zero attached hydrogens (tertiary/aromatic N) is 3. The standard InChI is InChI=1S/C18H18N4O2S/c1-10-20-17(22-19-9-11-6-7-12(23)8-14(11)24)16-13-4-2-3-5-15(13)25-18(16)21-10/h6-9,23-24H,2-5H2,1H3,(H,20,21,22). The van der Waals surface area contributed by atoms with Crippen molar-refractivity contribution in [3.8, 4) is 11.5 Å². The van der Waals surface area contributed by atoms with Crippen LogP contribution in [0.1, 0.15) is 34.7 Å². The Morgan fingerprint density at radius 3 is 2.88 bits per heavy atom. The van der Waals surface area contributed by atoms with Gasteiger partial charge in [0.1, 0.15) is 22.2 Å². The van der Waals surface area contributed by atoms with Gasteiger partial charge in [0.15, 0.2) is 5.82 Å². The van der Waals surface area contributed by atoms with Gasteiger partial charge in [0.2, 0.25) is 0 Å². The molecule has 0 saturated carbocycles. The molecular weight excluding hydrogens is 336 g/mol. The lowest BCUT2D eigenvalue weighted by Crippen LogP contribution is -2.02. The Hall–Kier alpha value is -2.67. The molecule has 6 nitrogen and oxygen atoms in total. The molecule has 0 aliphatic heterocycles. The van der Waals surface area contributed by atoms with E-state index < -0.39 is 0 Å². The summed E-state index contributed by atoms with van der Waals surface area (Å²) in [5.74, 6) is 1.40. The van der Waals surface area contributed by atoms with Crippen LogP contribution in [0.15, 0.2) is 23.3 Å². The number of thiophene rings is 1. The number of aryl methyl sites for hydroxylation is 3. The number of rotatable bonds is 3. The molecule has 0 unspecified atom stereocenters. The van der Waals surface area contributed by atoms with Crippen LogP contribution in [0.3, 0.4) is 0 Å². The van der Waals surface area contributed by atoms with Gasteiger partial charge in [-0.05, 0) is 50.3 Å². The Morgan fingerprint density at radius 2 is 2.04 bits per heavy atom. The quantitative estimate of drug-likeness (QED) is 0.492. The first-order chi connectivity index (χ1) is 12.1. The Morgan fingerprint density at radius 1 is 1.20 bits per heavy atom. The maximum absolute atomic E-state index is 9.83. The van der Waals surface area contributed by atoms with Gasteiger partial charge < -0.3 is 10.2 Å². The predicted molar refractivity (Wildman–Crippen MR) is 99.8 cm³/mol. The highest BCUT2D eigenvalue weighted by Crippen LogP contribution is 2.38. The van der Waals surface area contributed by atoms with E-state index in [1.165, 1.54) is 41.6 Å². The molecule has 4 rings (SSSR count). The number of fused-ring (bicyclic) bond motifs is 3. The molecule has 0 fully saturated rings. The van der Waals surface area contributed by atoms with Crippen LogP contribution in [-0.2, 0) is 12.8 Å². The molecule has 0 spiro atoms. The number of aromatic hydroxyl groups is 2. The lowest BCUT2D eigenvalue weighted by Gasteiger charge is -2.11. The zero-order valence-corrected chi connectivity index (χ0v) is 14.6. The van der Waals surface area contributed by atoms with E-state index in [-0.39, 0.29) is 11.5 Å². The summed E-state index contributed by atoms with van der Waals surface area (Å²) < 4.78 is 0. The summed E-state index contributed by atoms with van der Waals surface area (Å²) >= 11 is 1.75. The fourth-order valence-corrected chi connectivity index (χ4v) is 4.46. The summed E-state index contributed by atoms with van der Waals surface area (Å²) in [4.78, 5) is 11.5. The normalized spacial score (nSPS) is 14.1. The van der Waals surface area contributed by atoms with Gasteiger partial charge in [0.25, 0.3) is 0 Å². The van der Waals surface area contributed by atoms with Crippen LogP contribution in [-0.4, -0.2) is 26.4 Å². The number of phenols is 2. The number of nitrogens with one attached hydrogen (secondary N) is 1. The Kier molecular flexibility index (Phi) is 4.01. The van der Waals surface area contributed by atoms with Crippen molar-refractivity contribution >= 4 is 33.6 Å². The summed E-state index contributed by atoms with van der Waals surface area (Å²) in [6, 6.07) is 4.39. The molecule has 7 heteroatoms. The second-order valence-electron chi connectivity index (χ2n) is 6.12. The maximum atomic E-state index is 9.83. The molecular formula is C18H18N4O2S. The predicted octanol–water partition coefficient (Wildman–Crippen LogP) is 3.74. The van der Waals surface area contributed by atoms with Crippen molar-refractivity contribution in [3.05, 3.63) is 40.0 Å². The molecule has 128 valence electrons. The van der Waals surface area contributed by atoms with Gasteiger partial charge >= 0.3 is 0 Å². The Bertz CT molecular complexity index is 981. The second-order valence-corrected chi connectivity index (χ2v) is 7.21. The van der Waals surface area contributed by atoms with Crippen LogP contribution in [0.4, 0.5) is 5.82 Å². The van der Waals surface area contributed by atoms with Crippen LogP contribution in [0, 0.1) is 6.92 Å². The van der Waals surface area contributed by atoms with E-state index in [0.717, 1.165) is 23.1 Å². The average molecular weight is 354 g/mol. The third-order valence-electron chi connectivity index (χ3n) is 4.31. The number of benzene rings is 1.